The number of fused-ring (bicyclic) bond motifs is 1. The van der Waals surface area contributed by atoms with Crippen molar-refractivity contribution in [3.8, 4) is 0 Å². The summed E-state index contributed by atoms with van der Waals surface area (Å²) in [7, 11) is 0. The second-order valence-corrected chi connectivity index (χ2v) is 4.97. The lowest BCUT2D eigenvalue weighted by Crippen LogP contribution is -2.17. The first kappa shape index (κ1) is 10.5. The maximum atomic E-state index is 11.9. The molecule has 0 radical (unpaired) electrons. The van der Waals surface area contributed by atoms with Gasteiger partial charge < -0.3 is 0 Å². The maximum Gasteiger partial charge on any atom is 0.140 e. The van der Waals surface area contributed by atoms with E-state index in [4.69, 9.17) is 0 Å². The van der Waals surface area contributed by atoms with E-state index in [1.165, 1.54) is 5.56 Å². The van der Waals surface area contributed by atoms with E-state index in [0.29, 0.717) is 0 Å². The average Bonchev–Trinajstić information content (AvgIpc) is 3.09. The number of rotatable bonds is 2. The van der Waals surface area contributed by atoms with Crippen LogP contribution in [0.3, 0.4) is 0 Å². The van der Waals surface area contributed by atoms with Crippen LogP contribution in [0, 0.1) is 6.92 Å². The molecule has 0 atom stereocenters. The molecular formula is C15H15NO. The van der Waals surface area contributed by atoms with Gasteiger partial charge in [0.25, 0.3) is 0 Å². The summed E-state index contributed by atoms with van der Waals surface area (Å²) in [6.07, 6.45) is 1.96. The van der Waals surface area contributed by atoms with Gasteiger partial charge in [-0.15, -0.1) is 0 Å². The van der Waals surface area contributed by atoms with E-state index in [0.717, 1.165) is 29.4 Å². The lowest BCUT2D eigenvalue weighted by Gasteiger charge is -2.15. The summed E-state index contributed by atoms with van der Waals surface area (Å²) in [4.78, 5) is 16.4. The molecule has 0 saturated heterocycles. The van der Waals surface area contributed by atoms with Gasteiger partial charge in [0.1, 0.15) is 5.78 Å². The van der Waals surface area contributed by atoms with Crippen LogP contribution in [0.25, 0.3) is 10.9 Å². The van der Waals surface area contributed by atoms with Crippen LogP contribution >= 0.6 is 0 Å². The van der Waals surface area contributed by atoms with Crippen molar-refractivity contribution in [3.63, 3.8) is 0 Å². The molecule has 17 heavy (non-hydrogen) atoms. The number of carbonyl (C=O) groups excluding carboxylic acids is 1. The fourth-order valence-electron chi connectivity index (χ4n) is 2.64. The van der Waals surface area contributed by atoms with Crippen LogP contribution < -0.4 is 0 Å². The lowest BCUT2D eigenvalue weighted by atomic mass is 9.89. The molecule has 1 fully saturated rings. The summed E-state index contributed by atoms with van der Waals surface area (Å²) >= 11 is 0. The number of aromatic nitrogens is 1. The summed E-state index contributed by atoms with van der Waals surface area (Å²) in [6, 6.07) is 10.2. The van der Waals surface area contributed by atoms with Gasteiger partial charge in [-0.05, 0) is 44.4 Å². The highest BCUT2D eigenvalue weighted by Gasteiger charge is 2.49. The zero-order valence-electron chi connectivity index (χ0n) is 10.2. The summed E-state index contributed by atoms with van der Waals surface area (Å²) in [6.45, 7) is 3.70. The lowest BCUT2D eigenvalue weighted by molar-refractivity contribution is -0.119. The molecule has 1 saturated carbocycles. The third-order valence-electron chi connectivity index (χ3n) is 3.78. The molecule has 2 heteroatoms. The van der Waals surface area contributed by atoms with Gasteiger partial charge in [-0.1, -0.05) is 18.2 Å². The molecule has 0 aliphatic heterocycles. The monoisotopic (exact) mass is 225 g/mol. The van der Waals surface area contributed by atoms with Crippen LogP contribution in [0.15, 0.2) is 30.3 Å². The number of carbonyl (C=O) groups is 1. The molecule has 0 amide bonds. The van der Waals surface area contributed by atoms with E-state index in [-0.39, 0.29) is 11.2 Å². The molecule has 3 rings (SSSR count). The molecule has 0 bridgehead atoms. The van der Waals surface area contributed by atoms with Gasteiger partial charge >= 0.3 is 0 Å². The Hall–Kier alpha value is -1.70. The van der Waals surface area contributed by atoms with Gasteiger partial charge in [-0.25, -0.2) is 0 Å². The molecule has 2 aromatic rings. The maximum absolute atomic E-state index is 11.9. The number of benzene rings is 1. The largest absolute Gasteiger partial charge is 0.299 e. The molecule has 0 unspecified atom stereocenters. The Morgan fingerprint density at radius 2 is 2.00 bits per heavy atom. The SMILES string of the molecule is CC(=O)C1(c2cc(C)nc3ccccc23)CC1. The molecule has 2 nitrogen and oxygen atoms in total. The fraction of sp³-hybridized carbons (Fsp3) is 0.333. The fourth-order valence-corrected chi connectivity index (χ4v) is 2.64. The summed E-state index contributed by atoms with van der Waals surface area (Å²) in [5.74, 6) is 0.285. The van der Waals surface area contributed by atoms with Crippen molar-refractivity contribution in [3.05, 3.63) is 41.6 Å². The number of pyridine rings is 1. The van der Waals surface area contributed by atoms with Crippen molar-refractivity contribution in [2.45, 2.75) is 32.1 Å². The Balaban J connectivity index is 2.32. The topological polar surface area (TPSA) is 30.0 Å². The molecular weight excluding hydrogens is 210 g/mol. The van der Waals surface area contributed by atoms with Gasteiger partial charge in [0.2, 0.25) is 0 Å². The van der Waals surface area contributed by atoms with E-state index in [1.54, 1.807) is 6.92 Å². The minimum absolute atomic E-state index is 0.215. The van der Waals surface area contributed by atoms with Crippen LogP contribution in [-0.4, -0.2) is 10.8 Å². The van der Waals surface area contributed by atoms with Crippen LogP contribution in [0.4, 0.5) is 0 Å². The van der Waals surface area contributed by atoms with Gasteiger partial charge in [-0.2, -0.15) is 0 Å². The van der Waals surface area contributed by atoms with Gasteiger partial charge in [0.05, 0.1) is 10.9 Å². The Kier molecular flexibility index (Phi) is 2.09. The standard InChI is InChI=1S/C15H15NO/c1-10-9-13(15(7-8-15)11(2)17)12-5-3-4-6-14(12)16-10/h3-6,9H,7-8H2,1-2H3. The number of hydrogen-bond donors (Lipinski definition) is 0. The zero-order valence-corrected chi connectivity index (χ0v) is 10.2. The first-order chi connectivity index (χ1) is 8.13. The van der Waals surface area contributed by atoms with Crippen molar-refractivity contribution in [2.75, 3.05) is 0 Å². The number of Topliss-reactive ketones (excluding diaryl/α,β-unsaturated/α-hetero) is 1. The van der Waals surface area contributed by atoms with Crippen molar-refractivity contribution in [1.29, 1.82) is 0 Å². The van der Waals surface area contributed by atoms with Gasteiger partial charge in [-0.3, -0.25) is 9.78 Å². The minimum atomic E-state index is -0.215. The predicted molar refractivity (Wildman–Crippen MR) is 68.1 cm³/mol. The molecule has 0 spiro atoms. The Bertz CT molecular complexity index is 611. The third-order valence-corrected chi connectivity index (χ3v) is 3.78. The van der Waals surface area contributed by atoms with E-state index in [1.807, 2.05) is 25.1 Å². The quantitative estimate of drug-likeness (QED) is 0.785. The minimum Gasteiger partial charge on any atom is -0.299 e. The normalized spacial score (nSPS) is 17.1. The number of ketones is 1. The van der Waals surface area contributed by atoms with E-state index in [2.05, 4.69) is 17.1 Å². The Morgan fingerprint density at radius 1 is 1.29 bits per heavy atom. The average molecular weight is 225 g/mol. The zero-order chi connectivity index (χ0) is 12.0. The van der Waals surface area contributed by atoms with Crippen molar-refractivity contribution in [1.82, 2.24) is 4.98 Å². The van der Waals surface area contributed by atoms with E-state index in [9.17, 15) is 4.79 Å². The van der Waals surface area contributed by atoms with Gasteiger partial charge in [0.15, 0.2) is 0 Å². The molecule has 86 valence electrons. The number of para-hydroxylation sites is 1. The number of aryl methyl sites for hydroxylation is 1. The molecule has 1 aromatic carbocycles. The van der Waals surface area contributed by atoms with E-state index < -0.39 is 0 Å². The van der Waals surface area contributed by atoms with E-state index >= 15 is 0 Å². The van der Waals surface area contributed by atoms with Crippen LogP contribution in [0.5, 0.6) is 0 Å². The first-order valence-corrected chi connectivity index (χ1v) is 6.01. The van der Waals surface area contributed by atoms with Crippen molar-refractivity contribution >= 4 is 16.7 Å². The number of hydrogen-bond acceptors (Lipinski definition) is 2. The van der Waals surface area contributed by atoms with Crippen molar-refractivity contribution < 1.29 is 4.79 Å². The van der Waals surface area contributed by atoms with Crippen LogP contribution in [-0.2, 0) is 10.2 Å². The van der Waals surface area contributed by atoms with Gasteiger partial charge in [0, 0.05) is 11.1 Å². The summed E-state index contributed by atoms with van der Waals surface area (Å²) < 4.78 is 0. The molecule has 1 heterocycles. The number of nitrogens with zero attached hydrogens (tertiary/aromatic N) is 1. The summed E-state index contributed by atoms with van der Waals surface area (Å²) in [5, 5.41) is 1.13. The summed E-state index contributed by atoms with van der Waals surface area (Å²) in [5.41, 5.74) is 2.95. The molecule has 1 aromatic heterocycles. The molecule has 1 aliphatic carbocycles. The van der Waals surface area contributed by atoms with Crippen LogP contribution in [0.2, 0.25) is 0 Å². The van der Waals surface area contributed by atoms with Crippen LogP contribution in [0.1, 0.15) is 31.0 Å². The smallest absolute Gasteiger partial charge is 0.140 e. The first-order valence-electron chi connectivity index (χ1n) is 6.01. The molecule has 0 N–H and O–H groups in total. The Labute approximate surface area is 101 Å². The second-order valence-electron chi connectivity index (χ2n) is 4.97. The highest BCUT2D eigenvalue weighted by atomic mass is 16.1. The second kappa shape index (κ2) is 3.39. The highest BCUT2D eigenvalue weighted by Crippen LogP contribution is 2.50. The Morgan fingerprint density at radius 3 is 2.65 bits per heavy atom. The highest BCUT2D eigenvalue weighted by molar-refractivity contribution is 5.97. The molecule has 1 aliphatic rings. The van der Waals surface area contributed by atoms with Crippen molar-refractivity contribution in [2.24, 2.45) is 0 Å². The predicted octanol–water partition coefficient (Wildman–Crippen LogP) is 3.16. The third kappa shape index (κ3) is 1.47.